The zero-order valence-corrected chi connectivity index (χ0v) is 12.5. The molecule has 0 aliphatic carbocycles. The third-order valence-corrected chi connectivity index (χ3v) is 3.59. The minimum Gasteiger partial charge on any atom is -0.348 e. The van der Waals surface area contributed by atoms with Gasteiger partial charge in [-0.3, -0.25) is 4.79 Å². The van der Waals surface area contributed by atoms with Crippen LogP contribution in [0.15, 0.2) is 42.6 Å². The molecule has 4 heteroatoms. The highest BCUT2D eigenvalue weighted by Crippen LogP contribution is 2.26. The van der Waals surface area contributed by atoms with Crippen LogP contribution in [0.5, 0.6) is 0 Å². The van der Waals surface area contributed by atoms with Crippen LogP contribution in [0.1, 0.15) is 29.2 Å². The number of rotatable bonds is 3. The Morgan fingerprint density at radius 1 is 1.17 bits per heavy atom. The highest BCUT2D eigenvalue weighted by molar-refractivity contribution is 5.81. The second-order valence-corrected chi connectivity index (χ2v) is 5.33. The van der Waals surface area contributed by atoms with E-state index < -0.39 is 33.1 Å². The number of amides is 1. The molecule has 0 N–H and O–H groups in total. The minimum atomic E-state index is -3.15. The summed E-state index contributed by atoms with van der Waals surface area (Å²) in [4.78, 5) is 17.3. The first-order valence-electron chi connectivity index (χ1n) is 11.5. The lowest BCUT2D eigenvalue weighted by atomic mass is 10.1. The number of carbonyl (C=O) groups excluding carboxylic acids is 1. The predicted molar refractivity (Wildman–Crippen MR) is 92.5 cm³/mol. The summed E-state index contributed by atoms with van der Waals surface area (Å²) in [5.74, 6) is -1.10. The van der Waals surface area contributed by atoms with E-state index in [1.54, 1.807) is 28.8 Å². The van der Waals surface area contributed by atoms with Gasteiger partial charge in [0.25, 0.3) is 0 Å². The van der Waals surface area contributed by atoms with E-state index in [1.807, 2.05) is 13.0 Å². The van der Waals surface area contributed by atoms with Crippen molar-refractivity contribution in [3.8, 4) is 11.3 Å². The summed E-state index contributed by atoms with van der Waals surface area (Å²) in [5.41, 5.74) is 2.59. The first-order chi connectivity index (χ1) is 14.6. The van der Waals surface area contributed by atoms with Gasteiger partial charge in [0, 0.05) is 38.0 Å². The van der Waals surface area contributed by atoms with E-state index in [4.69, 9.17) is 12.3 Å². The van der Waals surface area contributed by atoms with Gasteiger partial charge in [-0.05, 0) is 25.4 Å². The van der Waals surface area contributed by atoms with Gasteiger partial charge in [-0.25, -0.2) is 4.98 Å². The highest BCUT2D eigenvalue weighted by Gasteiger charge is 2.18. The van der Waals surface area contributed by atoms with E-state index in [9.17, 15) is 4.79 Å². The Bertz CT molecular complexity index is 1130. The average Bonchev–Trinajstić information content (AvgIpc) is 2.96. The third-order valence-electron chi connectivity index (χ3n) is 3.59. The molecule has 2 heterocycles. The van der Waals surface area contributed by atoms with Crippen LogP contribution >= 0.6 is 0 Å². The van der Waals surface area contributed by atoms with Crippen LogP contribution < -0.4 is 0 Å². The fourth-order valence-electron chi connectivity index (χ4n) is 2.45. The molecule has 2 aromatic heterocycles. The normalized spacial score (nSPS) is 18.4. The van der Waals surface area contributed by atoms with E-state index >= 15 is 0 Å². The quantitative estimate of drug-likeness (QED) is 0.744. The SMILES string of the molecule is [2H]C([2H])([2H])c1ccc(-c2nc3ccc(C)cn3c2CC(=O)N(C([2H])([2H])[2H])C([2H])([2H])[2H])cc1. The van der Waals surface area contributed by atoms with Crippen LogP contribution in [0, 0.1) is 13.8 Å². The average molecular weight is 316 g/mol. The molecule has 0 radical (unpaired) electrons. The minimum absolute atomic E-state index is 0.0727. The number of imidazole rings is 1. The monoisotopic (exact) mass is 316 g/mol. The van der Waals surface area contributed by atoms with Crippen molar-refractivity contribution < 1.29 is 17.1 Å². The molecule has 3 aromatic rings. The zero-order chi connectivity index (χ0) is 24.1. The Morgan fingerprint density at radius 2 is 1.91 bits per heavy atom. The number of pyridine rings is 1. The van der Waals surface area contributed by atoms with E-state index in [0.717, 1.165) is 5.56 Å². The summed E-state index contributed by atoms with van der Waals surface area (Å²) >= 11 is 0. The van der Waals surface area contributed by atoms with E-state index in [2.05, 4.69) is 4.98 Å². The molecule has 0 aliphatic heterocycles. The molecule has 0 saturated carbocycles. The predicted octanol–water partition coefficient (Wildman–Crippen LogP) is 3.25. The molecule has 0 spiro atoms. The maximum Gasteiger partial charge on any atom is 0.228 e. The summed E-state index contributed by atoms with van der Waals surface area (Å²) in [6.45, 7) is -6.76. The summed E-state index contributed by atoms with van der Waals surface area (Å²) in [5, 5.41) is 0. The summed E-state index contributed by atoms with van der Waals surface area (Å²) in [6, 6.07) is 9.49. The Balaban J connectivity index is 2.13. The number of hydrogen-bond donors (Lipinski definition) is 0. The topological polar surface area (TPSA) is 37.6 Å². The zero-order valence-electron chi connectivity index (χ0n) is 21.5. The third kappa shape index (κ3) is 2.97. The summed E-state index contributed by atoms with van der Waals surface area (Å²) in [6.07, 6.45) is 1.18. The van der Waals surface area contributed by atoms with Gasteiger partial charge in [-0.2, -0.15) is 0 Å². The molecular weight excluding hydrogens is 286 g/mol. The lowest BCUT2D eigenvalue weighted by Crippen LogP contribution is -2.24. The second kappa shape index (κ2) is 5.88. The Hall–Kier alpha value is -2.62. The van der Waals surface area contributed by atoms with Crippen LogP contribution in [-0.2, 0) is 11.2 Å². The van der Waals surface area contributed by atoms with Gasteiger partial charge in [-0.15, -0.1) is 0 Å². The van der Waals surface area contributed by atoms with E-state index in [0.29, 0.717) is 22.6 Å². The summed E-state index contributed by atoms with van der Waals surface area (Å²) < 4.78 is 69.2. The van der Waals surface area contributed by atoms with Crippen LogP contribution in [0.4, 0.5) is 0 Å². The van der Waals surface area contributed by atoms with Crippen molar-refractivity contribution in [2.45, 2.75) is 20.2 Å². The Kier molecular flexibility index (Phi) is 1.99. The van der Waals surface area contributed by atoms with Gasteiger partial charge in [0.15, 0.2) is 0 Å². The molecule has 23 heavy (non-hydrogen) atoms. The second-order valence-electron chi connectivity index (χ2n) is 5.33. The number of nitrogens with zero attached hydrogens (tertiary/aromatic N) is 3. The molecule has 0 unspecified atom stereocenters. The number of aryl methyl sites for hydroxylation is 2. The summed E-state index contributed by atoms with van der Waals surface area (Å²) in [7, 11) is 0. The molecule has 3 rings (SSSR count). The number of carbonyl (C=O) groups is 1. The lowest BCUT2D eigenvalue weighted by molar-refractivity contribution is -0.128. The van der Waals surface area contributed by atoms with E-state index in [-0.39, 0.29) is 10.5 Å². The van der Waals surface area contributed by atoms with Crippen molar-refractivity contribution in [3.05, 3.63) is 59.4 Å². The van der Waals surface area contributed by atoms with Crippen LogP contribution in [0.25, 0.3) is 16.9 Å². The fourth-order valence-corrected chi connectivity index (χ4v) is 2.45. The van der Waals surface area contributed by atoms with Gasteiger partial charge >= 0.3 is 0 Å². The lowest BCUT2D eigenvalue weighted by Gasteiger charge is -2.11. The maximum atomic E-state index is 12.9. The smallest absolute Gasteiger partial charge is 0.228 e. The number of fused-ring (bicyclic) bond motifs is 1. The van der Waals surface area contributed by atoms with Gasteiger partial charge in [-0.1, -0.05) is 35.9 Å². The molecular formula is C19H21N3O. The molecule has 118 valence electrons. The van der Waals surface area contributed by atoms with E-state index in [1.165, 1.54) is 12.1 Å². The standard InChI is InChI=1S/C19H21N3O/c1-13-5-8-15(9-6-13)19-16(11-18(23)21(3)4)22-12-14(2)7-10-17(22)20-19/h5-10,12H,11H2,1-4H3/i1D3,3D3,4D3. The highest BCUT2D eigenvalue weighted by atomic mass is 16.2. The maximum absolute atomic E-state index is 12.9. The molecule has 1 amide bonds. The Labute approximate surface area is 149 Å². The molecule has 0 atom stereocenters. The van der Waals surface area contributed by atoms with Crippen LogP contribution in [0.3, 0.4) is 0 Å². The van der Waals surface area contributed by atoms with Gasteiger partial charge in [0.2, 0.25) is 5.91 Å². The van der Waals surface area contributed by atoms with Gasteiger partial charge in [0.1, 0.15) is 5.65 Å². The van der Waals surface area contributed by atoms with Crippen molar-refractivity contribution in [2.24, 2.45) is 0 Å². The van der Waals surface area contributed by atoms with Crippen LogP contribution in [-0.4, -0.2) is 34.1 Å². The number of benzene rings is 1. The van der Waals surface area contributed by atoms with Crippen molar-refractivity contribution in [1.29, 1.82) is 0 Å². The van der Waals surface area contributed by atoms with Crippen molar-refractivity contribution >= 4 is 11.6 Å². The number of likely N-dealkylation sites (N-methyl/N-ethyl adjacent to an activating group) is 1. The molecule has 0 aliphatic rings. The molecule has 0 saturated heterocycles. The number of aromatic nitrogens is 2. The number of hydrogen-bond acceptors (Lipinski definition) is 2. The first kappa shape index (κ1) is 7.77. The van der Waals surface area contributed by atoms with Gasteiger partial charge < -0.3 is 9.30 Å². The van der Waals surface area contributed by atoms with Crippen molar-refractivity contribution in [2.75, 3.05) is 14.0 Å². The fraction of sp³-hybridized carbons (Fsp3) is 0.263. The van der Waals surface area contributed by atoms with Crippen LogP contribution in [0.2, 0.25) is 0 Å². The molecule has 0 bridgehead atoms. The first-order valence-corrected chi connectivity index (χ1v) is 7.01. The molecule has 0 fully saturated rings. The van der Waals surface area contributed by atoms with Gasteiger partial charge in [0.05, 0.1) is 17.8 Å². The largest absolute Gasteiger partial charge is 0.348 e. The van der Waals surface area contributed by atoms with Crippen molar-refractivity contribution in [3.63, 3.8) is 0 Å². The molecule has 1 aromatic carbocycles. The molecule has 4 nitrogen and oxygen atoms in total. The van der Waals surface area contributed by atoms with Crippen molar-refractivity contribution in [1.82, 2.24) is 14.3 Å². The Morgan fingerprint density at radius 3 is 2.61 bits per heavy atom.